The molecule has 324 valence electrons. The fraction of sp³-hybridized carbons (Fsp3) is 0.356. The molecule has 3 unspecified atom stereocenters. The van der Waals surface area contributed by atoms with Gasteiger partial charge < -0.3 is 5.11 Å². The molecule has 0 bridgehead atoms. The van der Waals surface area contributed by atoms with Crippen LogP contribution in [0, 0.1) is 23.5 Å². The van der Waals surface area contributed by atoms with Crippen molar-refractivity contribution >= 4 is 5.57 Å². The van der Waals surface area contributed by atoms with Crippen molar-refractivity contribution < 1.29 is 13.9 Å². The molecule has 1 N–H and O–H groups in total. The minimum atomic E-state index is -0.166. The molecule has 1 nitrogen and oxygen atoms in total. The highest BCUT2D eigenvalue weighted by Gasteiger charge is 2.25. The second-order valence-corrected chi connectivity index (χ2v) is 17.5. The van der Waals surface area contributed by atoms with Crippen LogP contribution in [0.2, 0.25) is 0 Å². The summed E-state index contributed by atoms with van der Waals surface area (Å²) in [6.45, 7) is 8.91. The molecule has 1 fully saturated rings. The van der Waals surface area contributed by atoms with Gasteiger partial charge >= 0.3 is 0 Å². The standard InChI is InChI=1S/C29H33F.C29H31F.CH4O/c2*1-3-5-21-7-10-23(11-8-21)27-17-18-28(29(30)20-27)25-15-13-24(14-16-25)26-12-9-22(19-26)6-4-2;1-2/h7-8,10-11,13-18,20,22,26H,3-6,9,12,19H2,1-2H3;7-8,10-18,20,22H,3-6,9,19H2,1-2H3;2H,1H3. The van der Waals surface area contributed by atoms with E-state index in [0.717, 1.165) is 78.0 Å². The van der Waals surface area contributed by atoms with Crippen molar-refractivity contribution in [2.75, 3.05) is 7.11 Å². The molecule has 6 aromatic rings. The number of allylic oxidation sites excluding steroid dienone is 2. The van der Waals surface area contributed by atoms with E-state index >= 15 is 0 Å². The molecule has 0 saturated heterocycles. The fourth-order valence-electron chi connectivity index (χ4n) is 9.66. The van der Waals surface area contributed by atoms with Crippen LogP contribution in [-0.2, 0) is 12.8 Å². The molecular formula is C59H68F2O. The molecule has 2 aliphatic carbocycles. The van der Waals surface area contributed by atoms with Crippen LogP contribution in [0.15, 0.2) is 140 Å². The normalized spacial score (nSPS) is 16.8. The molecule has 0 spiro atoms. The van der Waals surface area contributed by atoms with E-state index in [0.29, 0.717) is 17.0 Å². The van der Waals surface area contributed by atoms with Gasteiger partial charge in [0.25, 0.3) is 0 Å². The molecule has 3 atom stereocenters. The first kappa shape index (κ1) is 46.4. The lowest BCUT2D eigenvalue weighted by molar-refractivity contribution is 0.399. The van der Waals surface area contributed by atoms with Crippen molar-refractivity contribution in [3.8, 4) is 44.5 Å². The number of rotatable bonds is 14. The molecule has 8 rings (SSSR count). The highest BCUT2D eigenvalue weighted by atomic mass is 19.1. The summed E-state index contributed by atoms with van der Waals surface area (Å²) < 4.78 is 29.9. The van der Waals surface area contributed by atoms with Crippen molar-refractivity contribution in [1.82, 2.24) is 0 Å². The van der Waals surface area contributed by atoms with Crippen LogP contribution < -0.4 is 0 Å². The Labute approximate surface area is 372 Å². The van der Waals surface area contributed by atoms with Gasteiger partial charge in [-0.25, -0.2) is 8.78 Å². The molecule has 0 heterocycles. The Hall–Kier alpha value is -5.12. The number of hydrogen-bond acceptors (Lipinski definition) is 1. The second-order valence-electron chi connectivity index (χ2n) is 17.5. The third kappa shape index (κ3) is 12.1. The maximum Gasteiger partial charge on any atom is 0.131 e. The van der Waals surface area contributed by atoms with Gasteiger partial charge in [0.2, 0.25) is 0 Å². The van der Waals surface area contributed by atoms with Crippen LogP contribution in [0.5, 0.6) is 0 Å². The number of benzene rings is 6. The zero-order chi connectivity index (χ0) is 43.8. The summed E-state index contributed by atoms with van der Waals surface area (Å²) in [4.78, 5) is 0. The molecule has 0 amide bonds. The van der Waals surface area contributed by atoms with E-state index in [1.54, 1.807) is 12.1 Å². The monoisotopic (exact) mass is 831 g/mol. The molecule has 0 radical (unpaired) electrons. The smallest absolute Gasteiger partial charge is 0.131 e. The molecular weight excluding hydrogens is 763 g/mol. The van der Waals surface area contributed by atoms with Gasteiger partial charge in [-0.05, 0) is 136 Å². The largest absolute Gasteiger partial charge is 0.400 e. The molecule has 2 aliphatic rings. The number of aliphatic hydroxyl groups excluding tert-OH is 1. The quantitative estimate of drug-likeness (QED) is 0.116. The maximum absolute atomic E-state index is 15.0. The average Bonchev–Trinajstić information content (AvgIpc) is 3.99. The van der Waals surface area contributed by atoms with Gasteiger partial charge in [0.05, 0.1) is 0 Å². The van der Waals surface area contributed by atoms with E-state index in [1.165, 1.54) is 85.6 Å². The van der Waals surface area contributed by atoms with Crippen LogP contribution >= 0.6 is 0 Å². The van der Waals surface area contributed by atoms with E-state index in [-0.39, 0.29) is 11.6 Å². The summed E-state index contributed by atoms with van der Waals surface area (Å²) in [6, 6.07) is 45.2. The topological polar surface area (TPSA) is 20.2 Å². The minimum Gasteiger partial charge on any atom is -0.400 e. The van der Waals surface area contributed by atoms with Gasteiger partial charge in [-0.15, -0.1) is 0 Å². The fourth-order valence-corrected chi connectivity index (χ4v) is 9.66. The summed E-state index contributed by atoms with van der Waals surface area (Å²) in [5.41, 5.74) is 14.0. The van der Waals surface area contributed by atoms with Crippen molar-refractivity contribution in [1.29, 1.82) is 0 Å². The third-order valence-corrected chi connectivity index (χ3v) is 13.0. The van der Waals surface area contributed by atoms with Crippen LogP contribution in [0.3, 0.4) is 0 Å². The van der Waals surface area contributed by atoms with E-state index in [2.05, 4.69) is 131 Å². The zero-order valence-corrected chi connectivity index (χ0v) is 37.9. The SMILES string of the molecule is CCCc1ccc(-c2ccc(-c3ccc(C4=CCC(CCC)C4)cc3)c(F)c2)cc1.CCCc1ccc(-c2ccc(-c3ccc(C4CCC(CCC)C4)cc3)c(F)c2)cc1.CO. The minimum absolute atomic E-state index is 0.151. The lowest BCUT2D eigenvalue weighted by atomic mass is 9.92. The first-order valence-corrected chi connectivity index (χ1v) is 23.5. The first-order chi connectivity index (χ1) is 30.3. The van der Waals surface area contributed by atoms with Crippen LogP contribution in [0.4, 0.5) is 8.78 Å². The zero-order valence-electron chi connectivity index (χ0n) is 37.9. The molecule has 0 aromatic heterocycles. The maximum atomic E-state index is 15.0. The van der Waals surface area contributed by atoms with E-state index in [9.17, 15) is 8.78 Å². The molecule has 3 heteroatoms. The Balaban J connectivity index is 0.000000199. The number of hydrogen-bond donors (Lipinski definition) is 1. The molecule has 0 aliphatic heterocycles. The van der Waals surface area contributed by atoms with Crippen LogP contribution in [0.1, 0.15) is 126 Å². The van der Waals surface area contributed by atoms with E-state index in [4.69, 9.17) is 5.11 Å². The lowest BCUT2D eigenvalue weighted by Crippen LogP contribution is -1.96. The van der Waals surface area contributed by atoms with E-state index < -0.39 is 0 Å². The van der Waals surface area contributed by atoms with Gasteiger partial charge in [-0.3, -0.25) is 0 Å². The highest BCUT2D eigenvalue weighted by molar-refractivity contribution is 5.75. The summed E-state index contributed by atoms with van der Waals surface area (Å²) in [6.07, 6.45) is 18.4. The Bertz CT molecular complexity index is 2300. The summed E-state index contributed by atoms with van der Waals surface area (Å²) in [7, 11) is 1.00. The van der Waals surface area contributed by atoms with Gasteiger partial charge in [0, 0.05) is 18.2 Å². The van der Waals surface area contributed by atoms with Crippen molar-refractivity contribution in [3.63, 3.8) is 0 Å². The average molecular weight is 831 g/mol. The van der Waals surface area contributed by atoms with Crippen LogP contribution in [0.25, 0.3) is 50.1 Å². The van der Waals surface area contributed by atoms with Crippen LogP contribution in [-0.4, -0.2) is 12.2 Å². The van der Waals surface area contributed by atoms with E-state index in [1.807, 2.05) is 24.3 Å². The second kappa shape index (κ2) is 23.4. The Morgan fingerprint density at radius 1 is 0.468 bits per heavy atom. The van der Waals surface area contributed by atoms with Gasteiger partial charge in [-0.2, -0.15) is 0 Å². The Morgan fingerprint density at radius 3 is 1.37 bits per heavy atom. The van der Waals surface area contributed by atoms with Crippen molar-refractivity contribution in [2.45, 2.75) is 117 Å². The van der Waals surface area contributed by atoms with Gasteiger partial charge in [0.15, 0.2) is 0 Å². The number of aryl methyl sites for hydroxylation is 2. The first-order valence-electron chi connectivity index (χ1n) is 23.5. The van der Waals surface area contributed by atoms with Crippen molar-refractivity contribution in [3.05, 3.63) is 173 Å². The Morgan fingerprint density at radius 2 is 0.903 bits per heavy atom. The number of halogens is 2. The van der Waals surface area contributed by atoms with Gasteiger partial charge in [-0.1, -0.05) is 194 Å². The summed E-state index contributed by atoms with van der Waals surface area (Å²) in [5.74, 6) is 2.05. The highest BCUT2D eigenvalue weighted by Crippen LogP contribution is 2.41. The number of aliphatic hydroxyl groups is 1. The molecule has 62 heavy (non-hydrogen) atoms. The van der Waals surface area contributed by atoms with Gasteiger partial charge in [0.1, 0.15) is 11.6 Å². The summed E-state index contributed by atoms with van der Waals surface area (Å²) >= 11 is 0. The third-order valence-electron chi connectivity index (χ3n) is 13.0. The predicted octanol–water partition coefficient (Wildman–Crippen LogP) is 17.1. The van der Waals surface area contributed by atoms with Crippen molar-refractivity contribution in [2.24, 2.45) is 11.8 Å². The Kier molecular flexibility index (Phi) is 17.5. The summed E-state index contributed by atoms with van der Waals surface area (Å²) in [5, 5.41) is 7.00. The lowest BCUT2D eigenvalue weighted by Gasteiger charge is -2.13. The predicted molar refractivity (Wildman–Crippen MR) is 261 cm³/mol. The molecule has 1 saturated carbocycles. The molecule has 6 aromatic carbocycles.